The number of carbonyl (C=O) groups is 1. The van der Waals surface area contributed by atoms with E-state index < -0.39 is 0 Å². The zero-order valence-corrected chi connectivity index (χ0v) is 19.9. The molecular formula is C26H21ClN4O2S. The highest BCUT2D eigenvalue weighted by molar-refractivity contribution is 7.14. The van der Waals surface area contributed by atoms with Crippen molar-refractivity contribution in [3.05, 3.63) is 93.8 Å². The van der Waals surface area contributed by atoms with Crippen molar-refractivity contribution in [2.24, 2.45) is 5.10 Å². The number of nitrogens with zero attached hydrogens (tertiary/aromatic N) is 2. The van der Waals surface area contributed by atoms with Crippen LogP contribution in [0.3, 0.4) is 0 Å². The Morgan fingerprint density at radius 3 is 2.74 bits per heavy atom. The number of benzene rings is 3. The van der Waals surface area contributed by atoms with E-state index in [0.29, 0.717) is 10.6 Å². The molecule has 4 aromatic rings. The highest BCUT2D eigenvalue weighted by atomic mass is 35.5. The monoisotopic (exact) mass is 488 g/mol. The van der Waals surface area contributed by atoms with Gasteiger partial charge < -0.3 is 10.1 Å². The number of amides is 1. The van der Waals surface area contributed by atoms with Gasteiger partial charge in [-0.3, -0.25) is 4.79 Å². The van der Waals surface area contributed by atoms with Crippen molar-refractivity contribution in [1.29, 1.82) is 0 Å². The van der Waals surface area contributed by atoms with Crippen LogP contribution in [-0.2, 0) is 6.42 Å². The van der Waals surface area contributed by atoms with Crippen LogP contribution in [0.5, 0.6) is 5.75 Å². The van der Waals surface area contributed by atoms with Gasteiger partial charge in [0.1, 0.15) is 11.9 Å². The lowest BCUT2D eigenvalue weighted by atomic mass is 10.1. The van der Waals surface area contributed by atoms with Gasteiger partial charge in [-0.15, -0.1) is 11.3 Å². The van der Waals surface area contributed by atoms with E-state index in [1.165, 1.54) is 11.3 Å². The molecule has 1 aliphatic rings. The highest BCUT2D eigenvalue weighted by Crippen LogP contribution is 2.29. The minimum Gasteiger partial charge on any atom is -0.490 e. The van der Waals surface area contributed by atoms with Gasteiger partial charge in [-0.25, -0.2) is 10.4 Å². The lowest BCUT2D eigenvalue weighted by Crippen LogP contribution is -2.17. The number of rotatable bonds is 6. The normalized spacial score (nSPS) is 14.6. The molecule has 1 atom stereocenters. The molecule has 1 amide bonds. The molecule has 0 saturated heterocycles. The van der Waals surface area contributed by atoms with Crippen LogP contribution in [0.25, 0.3) is 11.3 Å². The largest absolute Gasteiger partial charge is 0.490 e. The molecule has 0 bridgehead atoms. The summed E-state index contributed by atoms with van der Waals surface area (Å²) in [5.74, 6) is 0.644. The maximum atomic E-state index is 12.5. The second kappa shape index (κ2) is 9.67. The molecule has 2 heterocycles. The number of nitrogens with one attached hydrogen (secondary N) is 2. The second-order valence-corrected chi connectivity index (χ2v) is 9.24. The lowest BCUT2D eigenvalue weighted by molar-refractivity contribution is 0.0955. The van der Waals surface area contributed by atoms with Crippen LogP contribution in [0.2, 0.25) is 5.02 Å². The molecule has 0 fully saturated rings. The number of aromatic nitrogens is 1. The van der Waals surface area contributed by atoms with E-state index in [2.05, 4.69) is 20.8 Å². The molecule has 1 aliphatic heterocycles. The zero-order valence-electron chi connectivity index (χ0n) is 18.3. The first kappa shape index (κ1) is 22.1. The Bertz CT molecular complexity index is 1350. The van der Waals surface area contributed by atoms with Gasteiger partial charge in [0, 0.05) is 33.6 Å². The van der Waals surface area contributed by atoms with Crippen molar-refractivity contribution in [2.75, 3.05) is 5.32 Å². The predicted octanol–water partition coefficient (Wildman–Crippen LogP) is 6.29. The summed E-state index contributed by atoms with van der Waals surface area (Å²) in [5, 5.41) is 10.8. The van der Waals surface area contributed by atoms with E-state index in [1.54, 1.807) is 18.3 Å². The predicted molar refractivity (Wildman–Crippen MR) is 138 cm³/mol. The van der Waals surface area contributed by atoms with E-state index in [-0.39, 0.29) is 12.0 Å². The van der Waals surface area contributed by atoms with Crippen LogP contribution in [0.1, 0.15) is 28.4 Å². The third-order valence-electron chi connectivity index (χ3n) is 5.34. The van der Waals surface area contributed by atoms with Crippen molar-refractivity contribution in [3.63, 3.8) is 0 Å². The molecule has 5 rings (SSSR count). The summed E-state index contributed by atoms with van der Waals surface area (Å²) in [6.07, 6.45) is 2.72. The van der Waals surface area contributed by atoms with Crippen molar-refractivity contribution in [3.8, 4) is 17.0 Å². The number of ether oxygens (including phenoxy) is 1. The standard InChI is InChI=1S/C26H21ClN4O2S/c1-16-12-20-13-17(2-11-24(20)33-16)14-28-31-25(32)19-5-3-18(4-6-19)23-15-34-26(30-23)29-22-9-7-21(27)8-10-22/h2-11,13-16H,12H2,1H3,(H,29,30)(H,31,32)/b28-14-/t16-/m1/s1. The van der Waals surface area contributed by atoms with Crippen LogP contribution < -0.4 is 15.5 Å². The van der Waals surface area contributed by atoms with E-state index in [1.807, 2.05) is 66.9 Å². The molecule has 170 valence electrons. The van der Waals surface area contributed by atoms with E-state index in [9.17, 15) is 4.79 Å². The summed E-state index contributed by atoms with van der Waals surface area (Å²) >= 11 is 7.44. The quantitative estimate of drug-likeness (QED) is 0.247. The maximum Gasteiger partial charge on any atom is 0.271 e. The van der Waals surface area contributed by atoms with Gasteiger partial charge in [0.2, 0.25) is 0 Å². The fraction of sp³-hybridized carbons (Fsp3) is 0.115. The van der Waals surface area contributed by atoms with Gasteiger partial charge in [0.15, 0.2) is 5.13 Å². The third-order valence-corrected chi connectivity index (χ3v) is 6.35. The number of hydrazone groups is 1. The zero-order chi connectivity index (χ0) is 23.5. The number of halogens is 1. The minimum atomic E-state index is -0.274. The van der Waals surface area contributed by atoms with Crippen molar-refractivity contribution >= 4 is 45.9 Å². The summed E-state index contributed by atoms with van der Waals surface area (Å²) in [5.41, 5.74) is 7.86. The number of carbonyl (C=O) groups excluding carboxylic acids is 1. The summed E-state index contributed by atoms with van der Waals surface area (Å²) in [4.78, 5) is 17.1. The Morgan fingerprint density at radius 1 is 1.15 bits per heavy atom. The molecule has 0 aliphatic carbocycles. The average molecular weight is 489 g/mol. The van der Waals surface area contributed by atoms with Gasteiger partial charge in [-0.2, -0.15) is 5.10 Å². The van der Waals surface area contributed by atoms with E-state index in [0.717, 1.165) is 45.4 Å². The number of hydrogen-bond donors (Lipinski definition) is 2. The van der Waals surface area contributed by atoms with E-state index >= 15 is 0 Å². The molecular weight excluding hydrogens is 468 g/mol. The van der Waals surface area contributed by atoms with Crippen molar-refractivity contribution in [2.45, 2.75) is 19.4 Å². The Kier molecular flexibility index (Phi) is 6.29. The summed E-state index contributed by atoms with van der Waals surface area (Å²) in [6, 6.07) is 20.6. The highest BCUT2D eigenvalue weighted by Gasteiger charge is 2.18. The molecule has 1 aromatic heterocycles. The van der Waals surface area contributed by atoms with E-state index in [4.69, 9.17) is 16.3 Å². The summed E-state index contributed by atoms with van der Waals surface area (Å²) < 4.78 is 5.71. The minimum absolute atomic E-state index is 0.195. The van der Waals surface area contributed by atoms with Gasteiger partial charge in [-0.1, -0.05) is 23.7 Å². The summed E-state index contributed by atoms with van der Waals surface area (Å²) in [6.45, 7) is 2.05. The fourth-order valence-electron chi connectivity index (χ4n) is 3.67. The average Bonchev–Trinajstić information content (AvgIpc) is 3.46. The summed E-state index contributed by atoms with van der Waals surface area (Å²) in [7, 11) is 0. The lowest BCUT2D eigenvalue weighted by Gasteiger charge is -2.03. The number of anilines is 2. The van der Waals surface area contributed by atoms with Crippen LogP contribution in [0.4, 0.5) is 10.8 Å². The van der Waals surface area contributed by atoms with Gasteiger partial charge >= 0.3 is 0 Å². The number of fused-ring (bicyclic) bond motifs is 1. The van der Waals surface area contributed by atoms with Gasteiger partial charge in [0.05, 0.1) is 11.9 Å². The molecule has 0 radical (unpaired) electrons. The molecule has 3 aromatic carbocycles. The second-order valence-electron chi connectivity index (χ2n) is 7.95. The molecule has 0 saturated carbocycles. The molecule has 8 heteroatoms. The third kappa shape index (κ3) is 5.11. The Balaban J connectivity index is 1.19. The Labute approximate surface area is 206 Å². The first-order valence-corrected chi connectivity index (χ1v) is 12.0. The fourth-order valence-corrected chi connectivity index (χ4v) is 4.53. The number of hydrogen-bond acceptors (Lipinski definition) is 6. The molecule has 6 nitrogen and oxygen atoms in total. The maximum absolute atomic E-state index is 12.5. The van der Waals surface area contributed by atoms with Crippen LogP contribution in [0.15, 0.2) is 77.2 Å². The first-order chi connectivity index (χ1) is 16.5. The smallest absolute Gasteiger partial charge is 0.271 e. The van der Waals surface area contributed by atoms with Gasteiger partial charge in [0.25, 0.3) is 5.91 Å². The SMILES string of the molecule is C[C@@H]1Cc2cc(/C=N\NC(=O)c3ccc(-c4csc(Nc5ccc(Cl)cc5)n4)cc3)ccc2O1. The topological polar surface area (TPSA) is 75.6 Å². The van der Waals surface area contributed by atoms with Gasteiger partial charge in [-0.05, 0) is 72.6 Å². The Morgan fingerprint density at radius 2 is 1.94 bits per heavy atom. The van der Waals surface area contributed by atoms with Crippen molar-refractivity contribution in [1.82, 2.24) is 10.4 Å². The molecule has 0 spiro atoms. The van der Waals surface area contributed by atoms with Crippen LogP contribution >= 0.6 is 22.9 Å². The molecule has 0 unspecified atom stereocenters. The first-order valence-electron chi connectivity index (χ1n) is 10.7. The van der Waals surface area contributed by atoms with Crippen molar-refractivity contribution < 1.29 is 9.53 Å². The molecule has 2 N–H and O–H groups in total. The van der Waals surface area contributed by atoms with Crippen LogP contribution in [-0.4, -0.2) is 23.2 Å². The number of thiazole rings is 1. The molecule has 34 heavy (non-hydrogen) atoms. The van der Waals surface area contributed by atoms with Crippen LogP contribution in [0, 0.1) is 0 Å². The Hall–Kier alpha value is -3.68.